The average Bonchev–Trinajstić information content (AvgIpc) is 3.35. The molecule has 2 N–H and O–H groups in total. The maximum absolute atomic E-state index is 5.50. The molecule has 0 saturated carbocycles. The van der Waals surface area contributed by atoms with Crippen molar-refractivity contribution in [2.75, 3.05) is 46.4 Å². The number of guanidine groups is 1. The molecule has 3 heterocycles. The second-order valence-electron chi connectivity index (χ2n) is 5.83. The van der Waals surface area contributed by atoms with E-state index in [0.29, 0.717) is 6.04 Å². The van der Waals surface area contributed by atoms with Crippen molar-refractivity contribution in [2.45, 2.75) is 12.6 Å². The van der Waals surface area contributed by atoms with Gasteiger partial charge in [-0.25, -0.2) is 0 Å². The predicted molar refractivity (Wildman–Crippen MR) is 116 cm³/mol. The molecule has 1 aliphatic heterocycles. The zero-order valence-electron chi connectivity index (χ0n) is 15.0. The van der Waals surface area contributed by atoms with Crippen LogP contribution in [-0.4, -0.2) is 67.1 Å². The van der Waals surface area contributed by atoms with E-state index in [1.165, 1.54) is 4.88 Å². The number of halogens is 1. The first kappa shape index (κ1) is 21.1. The molecule has 0 radical (unpaired) electrons. The van der Waals surface area contributed by atoms with Gasteiger partial charge in [0, 0.05) is 50.5 Å². The van der Waals surface area contributed by atoms with Crippen LogP contribution < -0.4 is 10.6 Å². The van der Waals surface area contributed by atoms with Gasteiger partial charge in [-0.3, -0.25) is 14.6 Å². The van der Waals surface area contributed by atoms with E-state index in [1.54, 1.807) is 24.6 Å². The van der Waals surface area contributed by atoms with Crippen molar-refractivity contribution in [3.63, 3.8) is 0 Å². The fraction of sp³-hybridized carbons (Fsp3) is 0.529. The molecular weight excluding hydrogens is 463 g/mol. The van der Waals surface area contributed by atoms with Gasteiger partial charge >= 0.3 is 0 Å². The molecule has 2 aromatic heterocycles. The number of rotatable bonds is 7. The average molecular weight is 490 g/mol. The van der Waals surface area contributed by atoms with Crippen LogP contribution in [0.5, 0.6) is 0 Å². The molecule has 144 valence electrons. The van der Waals surface area contributed by atoms with Gasteiger partial charge in [0.25, 0.3) is 0 Å². The smallest absolute Gasteiger partial charge is 0.191 e. The molecule has 7 nitrogen and oxygen atoms in total. The van der Waals surface area contributed by atoms with Crippen molar-refractivity contribution < 1.29 is 4.74 Å². The molecular formula is C17H27IN6OS. The highest BCUT2D eigenvalue weighted by Gasteiger charge is 2.23. The molecule has 3 rings (SSSR count). The Labute approximate surface area is 175 Å². The van der Waals surface area contributed by atoms with Crippen LogP contribution in [0.25, 0.3) is 0 Å². The first-order valence-electron chi connectivity index (χ1n) is 8.64. The first-order valence-corrected chi connectivity index (χ1v) is 9.52. The largest absolute Gasteiger partial charge is 0.379 e. The van der Waals surface area contributed by atoms with E-state index >= 15 is 0 Å². The van der Waals surface area contributed by atoms with Gasteiger partial charge in [-0.1, -0.05) is 6.07 Å². The van der Waals surface area contributed by atoms with Crippen LogP contribution in [0.4, 0.5) is 0 Å². The summed E-state index contributed by atoms with van der Waals surface area (Å²) in [7, 11) is 1.80. The van der Waals surface area contributed by atoms with Crippen molar-refractivity contribution in [1.29, 1.82) is 0 Å². The standard InChI is InChI=1S/C17H26N6OS.HI/c1-18-17(19-6-8-23-7-3-5-21-23)20-14-15(16-4-2-13-25-16)22-9-11-24-12-10-22;/h2-5,7,13,15H,6,8-12,14H2,1H3,(H2,18,19,20);1H. The van der Waals surface area contributed by atoms with Gasteiger partial charge in [-0.15, -0.1) is 35.3 Å². The third-order valence-electron chi connectivity index (χ3n) is 4.24. The second kappa shape index (κ2) is 11.5. The number of thiophene rings is 1. The molecule has 1 aliphatic rings. The molecule has 0 spiro atoms. The lowest BCUT2D eigenvalue weighted by Crippen LogP contribution is -2.46. The number of nitrogens with one attached hydrogen (secondary N) is 2. The summed E-state index contributed by atoms with van der Waals surface area (Å²) in [6.45, 7) is 5.96. The maximum atomic E-state index is 5.50. The number of ether oxygens (including phenoxy) is 1. The molecule has 1 unspecified atom stereocenters. The fourth-order valence-electron chi connectivity index (χ4n) is 2.92. The van der Waals surface area contributed by atoms with E-state index < -0.39 is 0 Å². The summed E-state index contributed by atoms with van der Waals surface area (Å²) in [5, 5.41) is 13.2. The highest BCUT2D eigenvalue weighted by molar-refractivity contribution is 14.0. The summed E-state index contributed by atoms with van der Waals surface area (Å²) < 4.78 is 7.40. The summed E-state index contributed by atoms with van der Waals surface area (Å²) in [4.78, 5) is 8.19. The number of hydrogen-bond donors (Lipinski definition) is 2. The normalized spacial score (nSPS) is 16.7. The van der Waals surface area contributed by atoms with Crippen molar-refractivity contribution in [3.8, 4) is 0 Å². The van der Waals surface area contributed by atoms with Crippen LogP contribution in [0.15, 0.2) is 41.0 Å². The summed E-state index contributed by atoms with van der Waals surface area (Å²) >= 11 is 1.81. The third kappa shape index (κ3) is 6.22. The predicted octanol–water partition coefficient (Wildman–Crippen LogP) is 1.80. The molecule has 0 aliphatic carbocycles. The van der Waals surface area contributed by atoms with Crippen LogP contribution in [0.3, 0.4) is 0 Å². The SMILES string of the molecule is CN=C(NCCn1cccn1)NCC(c1cccs1)N1CCOCC1.I. The fourth-order valence-corrected chi connectivity index (χ4v) is 3.78. The van der Waals surface area contributed by atoms with Gasteiger partial charge < -0.3 is 15.4 Å². The molecule has 0 aromatic carbocycles. The summed E-state index contributed by atoms with van der Waals surface area (Å²) in [6, 6.07) is 6.60. The lowest BCUT2D eigenvalue weighted by molar-refractivity contribution is 0.0177. The Morgan fingerprint density at radius 3 is 2.85 bits per heavy atom. The van der Waals surface area contributed by atoms with Gasteiger partial charge in [0.1, 0.15) is 0 Å². The van der Waals surface area contributed by atoms with E-state index in [4.69, 9.17) is 4.74 Å². The topological polar surface area (TPSA) is 66.7 Å². The van der Waals surface area contributed by atoms with E-state index in [-0.39, 0.29) is 24.0 Å². The highest BCUT2D eigenvalue weighted by Crippen LogP contribution is 2.25. The third-order valence-corrected chi connectivity index (χ3v) is 5.21. The Balaban J connectivity index is 0.00000243. The molecule has 0 amide bonds. The molecule has 26 heavy (non-hydrogen) atoms. The Bertz CT molecular complexity index is 628. The van der Waals surface area contributed by atoms with Crippen LogP contribution in [0.2, 0.25) is 0 Å². The zero-order valence-corrected chi connectivity index (χ0v) is 18.2. The number of hydrogen-bond acceptors (Lipinski definition) is 5. The minimum atomic E-state index is 0. The van der Waals surface area contributed by atoms with Crippen molar-refractivity contribution in [1.82, 2.24) is 25.3 Å². The van der Waals surface area contributed by atoms with E-state index in [9.17, 15) is 0 Å². The lowest BCUT2D eigenvalue weighted by atomic mass is 10.2. The summed E-state index contributed by atoms with van der Waals surface area (Å²) in [6.07, 6.45) is 3.75. The monoisotopic (exact) mass is 490 g/mol. The van der Waals surface area contributed by atoms with Crippen LogP contribution in [0.1, 0.15) is 10.9 Å². The lowest BCUT2D eigenvalue weighted by Gasteiger charge is -2.34. The first-order chi connectivity index (χ1) is 12.4. The molecule has 2 aromatic rings. The molecule has 9 heteroatoms. The number of nitrogens with zero attached hydrogens (tertiary/aromatic N) is 4. The van der Waals surface area contributed by atoms with Crippen molar-refractivity contribution in [2.24, 2.45) is 4.99 Å². The minimum absolute atomic E-state index is 0. The molecule has 1 saturated heterocycles. The van der Waals surface area contributed by atoms with Crippen molar-refractivity contribution in [3.05, 3.63) is 40.8 Å². The quantitative estimate of drug-likeness (QED) is 0.352. The van der Waals surface area contributed by atoms with E-state index in [2.05, 4.69) is 43.1 Å². The number of aromatic nitrogens is 2. The highest BCUT2D eigenvalue weighted by atomic mass is 127. The van der Waals surface area contributed by atoms with Crippen LogP contribution in [0, 0.1) is 0 Å². The van der Waals surface area contributed by atoms with Gasteiger partial charge in [0.15, 0.2) is 5.96 Å². The van der Waals surface area contributed by atoms with E-state index in [1.807, 2.05) is 16.9 Å². The molecule has 0 bridgehead atoms. The number of aliphatic imine (C=N–C) groups is 1. The maximum Gasteiger partial charge on any atom is 0.191 e. The number of morpholine rings is 1. The second-order valence-corrected chi connectivity index (χ2v) is 6.81. The molecule has 1 atom stereocenters. The Hall–Kier alpha value is -1.17. The van der Waals surface area contributed by atoms with Gasteiger partial charge in [-0.2, -0.15) is 5.10 Å². The van der Waals surface area contributed by atoms with Crippen LogP contribution in [-0.2, 0) is 11.3 Å². The summed E-state index contributed by atoms with van der Waals surface area (Å²) in [5.41, 5.74) is 0. The minimum Gasteiger partial charge on any atom is -0.379 e. The van der Waals surface area contributed by atoms with Crippen LogP contribution >= 0.6 is 35.3 Å². The molecule has 1 fully saturated rings. The Morgan fingerprint density at radius 2 is 2.19 bits per heavy atom. The zero-order chi connectivity index (χ0) is 17.3. The van der Waals surface area contributed by atoms with Crippen molar-refractivity contribution >= 4 is 41.3 Å². The Morgan fingerprint density at radius 1 is 1.35 bits per heavy atom. The van der Waals surface area contributed by atoms with E-state index in [0.717, 1.165) is 51.9 Å². The summed E-state index contributed by atoms with van der Waals surface area (Å²) in [5.74, 6) is 0.821. The van der Waals surface area contributed by atoms with Gasteiger partial charge in [0.05, 0.1) is 25.8 Å². The Kier molecular flexibility index (Phi) is 9.37. The van der Waals surface area contributed by atoms with Gasteiger partial charge in [-0.05, 0) is 17.5 Å². The van der Waals surface area contributed by atoms with Gasteiger partial charge in [0.2, 0.25) is 0 Å².